The van der Waals surface area contributed by atoms with E-state index in [0.29, 0.717) is 10.1 Å². The Hall–Kier alpha value is -3.40. The summed E-state index contributed by atoms with van der Waals surface area (Å²) < 4.78 is 32.5. The van der Waals surface area contributed by atoms with E-state index in [2.05, 4.69) is 5.32 Å². The van der Waals surface area contributed by atoms with E-state index >= 15 is 0 Å². The first-order chi connectivity index (χ1) is 13.2. The Balaban J connectivity index is 1.71. The molecule has 1 atom stereocenters. The number of thiophene rings is 1. The fraction of sp³-hybridized carbons (Fsp3) is 0.111. The minimum Gasteiger partial charge on any atom is -0.448 e. The number of amides is 1. The Bertz CT molecular complexity index is 1100. The predicted octanol–water partition coefficient (Wildman–Crippen LogP) is 4.27. The molecule has 0 saturated heterocycles. The molecule has 10 heteroatoms. The van der Waals surface area contributed by atoms with E-state index in [0.717, 1.165) is 29.5 Å². The number of nitro groups is 1. The number of benzene rings is 2. The van der Waals surface area contributed by atoms with E-state index in [9.17, 15) is 28.5 Å². The van der Waals surface area contributed by atoms with Crippen LogP contribution in [0, 0.1) is 21.7 Å². The molecule has 0 aliphatic rings. The third-order valence-electron chi connectivity index (χ3n) is 3.75. The van der Waals surface area contributed by atoms with Gasteiger partial charge in [0.15, 0.2) is 6.10 Å². The van der Waals surface area contributed by atoms with Crippen LogP contribution in [0.25, 0.3) is 10.1 Å². The molecule has 1 aromatic heterocycles. The van der Waals surface area contributed by atoms with E-state index in [4.69, 9.17) is 4.74 Å². The fourth-order valence-electron chi connectivity index (χ4n) is 2.34. The number of esters is 1. The molecule has 1 N–H and O–H groups in total. The molecule has 144 valence electrons. The first-order valence-electron chi connectivity index (χ1n) is 7.89. The molecule has 28 heavy (non-hydrogen) atoms. The number of nitrogens with zero attached hydrogens (tertiary/aromatic N) is 1. The molecule has 0 fully saturated rings. The summed E-state index contributed by atoms with van der Waals surface area (Å²) in [7, 11) is 0. The number of halogens is 2. The molecule has 0 bridgehead atoms. The number of carbonyl (C=O) groups is 2. The van der Waals surface area contributed by atoms with Gasteiger partial charge in [0.1, 0.15) is 16.5 Å². The largest absolute Gasteiger partial charge is 0.448 e. The number of rotatable bonds is 5. The molecule has 3 rings (SSSR count). The van der Waals surface area contributed by atoms with Crippen molar-refractivity contribution in [3.05, 3.63) is 69.1 Å². The lowest BCUT2D eigenvalue weighted by molar-refractivity contribution is -0.384. The number of nitro benzene ring substituents is 1. The van der Waals surface area contributed by atoms with Crippen molar-refractivity contribution in [3.8, 4) is 0 Å². The minimum atomic E-state index is -1.28. The van der Waals surface area contributed by atoms with Crippen LogP contribution in [0.3, 0.4) is 0 Å². The van der Waals surface area contributed by atoms with Crippen LogP contribution in [-0.2, 0) is 9.53 Å². The van der Waals surface area contributed by atoms with Gasteiger partial charge in [0.05, 0.1) is 10.6 Å². The Morgan fingerprint density at radius 1 is 1.18 bits per heavy atom. The molecule has 1 heterocycles. The van der Waals surface area contributed by atoms with Gasteiger partial charge in [-0.05, 0) is 31.2 Å². The molecule has 0 saturated carbocycles. The second kappa shape index (κ2) is 7.69. The van der Waals surface area contributed by atoms with Crippen molar-refractivity contribution in [1.82, 2.24) is 0 Å². The number of hydrogen-bond acceptors (Lipinski definition) is 6. The van der Waals surface area contributed by atoms with E-state index < -0.39 is 34.5 Å². The molecule has 0 aliphatic heterocycles. The monoisotopic (exact) mass is 406 g/mol. The molecule has 1 amide bonds. The van der Waals surface area contributed by atoms with Crippen molar-refractivity contribution >= 4 is 44.7 Å². The average molecular weight is 406 g/mol. The molecule has 7 nitrogen and oxygen atoms in total. The van der Waals surface area contributed by atoms with Gasteiger partial charge in [0.25, 0.3) is 11.6 Å². The van der Waals surface area contributed by atoms with Crippen molar-refractivity contribution in [2.45, 2.75) is 13.0 Å². The van der Waals surface area contributed by atoms with Gasteiger partial charge in [0, 0.05) is 28.3 Å². The molecule has 0 unspecified atom stereocenters. The highest BCUT2D eigenvalue weighted by Crippen LogP contribution is 2.29. The van der Waals surface area contributed by atoms with E-state index in [1.165, 1.54) is 31.2 Å². The van der Waals surface area contributed by atoms with E-state index in [-0.39, 0.29) is 16.3 Å². The van der Waals surface area contributed by atoms with Crippen LogP contribution < -0.4 is 5.32 Å². The SMILES string of the molecule is C[C@H](OC(=O)c1cc2cc([N+](=O)[O-])ccc2s1)C(=O)Nc1cc(F)ccc1F. The summed E-state index contributed by atoms with van der Waals surface area (Å²) in [6.45, 7) is 1.28. The number of ether oxygens (including phenoxy) is 1. The van der Waals surface area contributed by atoms with Gasteiger partial charge in [-0.1, -0.05) is 0 Å². The molecular weight excluding hydrogens is 394 g/mol. The minimum absolute atomic E-state index is 0.116. The number of carbonyl (C=O) groups excluding carboxylic acids is 2. The third kappa shape index (κ3) is 4.12. The van der Waals surface area contributed by atoms with Crippen LogP contribution in [0.5, 0.6) is 0 Å². The highest BCUT2D eigenvalue weighted by atomic mass is 32.1. The Morgan fingerprint density at radius 3 is 2.64 bits per heavy atom. The van der Waals surface area contributed by atoms with Gasteiger partial charge in [0.2, 0.25) is 0 Å². The smallest absolute Gasteiger partial charge is 0.349 e. The maximum Gasteiger partial charge on any atom is 0.349 e. The third-order valence-corrected chi connectivity index (χ3v) is 4.85. The quantitative estimate of drug-likeness (QED) is 0.388. The van der Waals surface area contributed by atoms with E-state index in [1.807, 2.05) is 0 Å². The van der Waals surface area contributed by atoms with Gasteiger partial charge in [-0.15, -0.1) is 11.3 Å². The highest BCUT2D eigenvalue weighted by Gasteiger charge is 2.22. The van der Waals surface area contributed by atoms with Crippen LogP contribution >= 0.6 is 11.3 Å². The first kappa shape index (κ1) is 19.4. The van der Waals surface area contributed by atoms with Crippen LogP contribution in [0.1, 0.15) is 16.6 Å². The van der Waals surface area contributed by atoms with Gasteiger partial charge in [-0.3, -0.25) is 14.9 Å². The molecule has 0 spiro atoms. The number of nitrogens with one attached hydrogen (secondary N) is 1. The van der Waals surface area contributed by atoms with Gasteiger partial charge < -0.3 is 10.1 Å². The standard InChI is InChI=1S/C18H12F2N2O5S/c1-9(17(23)21-14-8-11(19)2-4-13(14)20)27-18(24)16-7-10-6-12(22(25)26)3-5-15(10)28-16/h2-9H,1H3,(H,21,23)/t9-/m0/s1. The van der Waals surface area contributed by atoms with Crippen molar-refractivity contribution in [2.24, 2.45) is 0 Å². The zero-order valence-corrected chi connectivity index (χ0v) is 15.1. The zero-order chi connectivity index (χ0) is 20.4. The summed E-state index contributed by atoms with van der Waals surface area (Å²) >= 11 is 1.05. The lowest BCUT2D eigenvalue weighted by Gasteiger charge is -2.13. The fourth-order valence-corrected chi connectivity index (χ4v) is 3.27. The normalized spacial score (nSPS) is 11.8. The average Bonchev–Trinajstić information content (AvgIpc) is 3.08. The molecule has 2 aromatic carbocycles. The topological polar surface area (TPSA) is 98.5 Å². The predicted molar refractivity (Wildman–Crippen MR) is 98.3 cm³/mol. The maximum absolute atomic E-state index is 13.6. The van der Waals surface area contributed by atoms with E-state index in [1.54, 1.807) is 0 Å². The number of anilines is 1. The summed E-state index contributed by atoms with van der Waals surface area (Å²) in [4.78, 5) is 34.8. The first-order valence-corrected chi connectivity index (χ1v) is 8.71. The van der Waals surface area contributed by atoms with Crippen LogP contribution in [-0.4, -0.2) is 22.9 Å². The molecule has 0 radical (unpaired) electrons. The Kier molecular flexibility index (Phi) is 5.32. The molecule has 3 aromatic rings. The summed E-state index contributed by atoms with van der Waals surface area (Å²) in [5.74, 6) is -3.22. The summed E-state index contributed by atoms with van der Waals surface area (Å²) in [6.07, 6.45) is -1.28. The second-order valence-corrected chi connectivity index (χ2v) is 6.83. The maximum atomic E-state index is 13.6. The zero-order valence-electron chi connectivity index (χ0n) is 14.3. The summed E-state index contributed by atoms with van der Waals surface area (Å²) in [6, 6.07) is 8.14. The second-order valence-electron chi connectivity index (χ2n) is 5.75. The number of hydrogen-bond donors (Lipinski definition) is 1. The van der Waals surface area contributed by atoms with Gasteiger partial charge >= 0.3 is 5.97 Å². The summed E-state index contributed by atoms with van der Waals surface area (Å²) in [5, 5.41) is 13.5. The van der Waals surface area contributed by atoms with Crippen LogP contribution in [0.2, 0.25) is 0 Å². The van der Waals surface area contributed by atoms with Crippen LogP contribution in [0.15, 0.2) is 42.5 Å². The van der Waals surface area contributed by atoms with Gasteiger partial charge in [-0.25, -0.2) is 13.6 Å². The number of fused-ring (bicyclic) bond motifs is 1. The Labute approximate surface area is 160 Å². The van der Waals surface area contributed by atoms with Gasteiger partial charge in [-0.2, -0.15) is 0 Å². The summed E-state index contributed by atoms with van der Waals surface area (Å²) in [5.41, 5.74) is -0.489. The highest BCUT2D eigenvalue weighted by molar-refractivity contribution is 7.20. The van der Waals surface area contributed by atoms with Crippen molar-refractivity contribution in [1.29, 1.82) is 0 Å². The molecular formula is C18H12F2N2O5S. The van der Waals surface area contributed by atoms with Crippen molar-refractivity contribution < 1.29 is 28.0 Å². The Morgan fingerprint density at radius 2 is 1.93 bits per heavy atom. The van der Waals surface area contributed by atoms with Crippen molar-refractivity contribution in [2.75, 3.05) is 5.32 Å². The lowest BCUT2D eigenvalue weighted by Crippen LogP contribution is -2.30. The molecule has 0 aliphatic carbocycles. The lowest BCUT2D eigenvalue weighted by atomic mass is 10.2. The van der Waals surface area contributed by atoms with Crippen molar-refractivity contribution in [3.63, 3.8) is 0 Å². The van der Waals surface area contributed by atoms with Crippen LogP contribution in [0.4, 0.5) is 20.2 Å². The number of non-ortho nitro benzene ring substituents is 1.